The smallest absolute Gasteiger partial charge is 0.124 e. The van der Waals surface area contributed by atoms with Gasteiger partial charge in [0.2, 0.25) is 0 Å². The predicted molar refractivity (Wildman–Crippen MR) is 71.2 cm³/mol. The molecule has 0 aliphatic heterocycles. The minimum absolute atomic E-state index is 0.152. The molecule has 19 heavy (non-hydrogen) atoms. The summed E-state index contributed by atoms with van der Waals surface area (Å²) in [5.41, 5.74) is 7.28. The largest absolute Gasteiger partial charge is 0.489 e. The first-order valence-corrected chi connectivity index (χ1v) is 6.03. The number of rotatable bonds is 5. The minimum Gasteiger partial charge on any atom is -0.489 e. The van der Waals surface area contributed by atoms with E-state index in [1.807, 2.05) is 18.2 Å². The van der Waals surface area contributed by atoms with E-state index in [0.717, 1.165) is 11.1 Å². The van der Waals surface area contributed by atoms with Gasteiger partial charge in [0.1, 0.15) is 18.2 Å². The van der Waals surface area contributed by atoms with Crippen LogP contribution in [-0.4, -0.2) is 11.7 Å². The Balaban J connectivity index is 2.11. The van der Waals surface area contributed by atoms with Crippen LogP contribution in [0.4, 0.5) is 4.39 Å². The highest BCUT2D eigenvalue weighted by Gasteiger charge is 2.10. The summed E-state index contributed by atoms with van der Waals surface area (Å²) in [6.07, 6.45) is 0. The Morgan fingerprint density at radius 3 is 2.68 bits per heavy atom. The quantitative estimate of drug-likeness (QED) is 0.869. The third-order valence-electron chi connectivity index (χ3n) is 2.80. The van der Waals surface area contributed by atoms with Crippen molar-refractivity contribution >= 4 is 0 Å². The Labute approximate surface area is 111 Å². The first kappa shape index (κ1) is 13.5. The van der Waals surface area contributed by atoms with Crippen molar-refractivity contribution in [2.24, 2.45) is 5.73 Å². The lowest BCUT2D eigenvalue weighted by Crippen LogP contribution is -2.15. The van der Waals surface area contributed by atoms with Gasteiger partial charge in [-0.15, -0.1) is 0 Å². The van der Waals surface area contributed by atoms with Crippen LogP contribution in [0.1, 0.15) is 17.2 Å². The van der Waals surface area contributed by atoms with Gasteiger partial charge in [-0.3, -0.25) is 0 Å². The summed E-state index contributed by atoms with van der Waals surface area (Å²) in [5.74, 6) is 0.315. The molecule has 1 atom stereocenters. The molecular weight excluding hydrogens is 245 g/mol. The van der Waals surface area contributed by atoms with E-state index in [0.29, 0.717) is 5.75 Å². The summed E-state index contributed by atoms with van der Waals surface area (Å²) in [6.45, 7) is 0.104. The van der Waals surface area contributed by atoms with Crippen LogP contribution in [-0.2, 0) is 6.61 Å². The molecule has 0 fully saturated rings. The Bertz CT molecular complexity index is 545. The summed E-state index contributed by atoms with van der Waals surface area (Å²) < 4.78 is 18.7. The maximum Gasteiger partial charge on any atom is 0.124 e. The van der Waals surface area contributed by atoms with E-state index in [-0.39, 0.29) is 19.0 Å². The van der Waals surface area contributed by atoms with Crippen LogP contribution in [0.3, 0.4) is 0 Å². The van der Waals surface area contributed by atoms with Crippen LogP contribution >= 0.6 is 0 Å². The third kappa shape index (κ3) is 3.53. The molecule has 0 aliphatic carbocycles. The van der Waals surface area contributed by atoms with Crippen molar-refractivity contribution in [2.45, 2.75) is 12.6 Å². The highest BCUT2D eigenvalue weighted by Crippen LogP contribution is 2.24. The van der Waals surface area contributed by atoms with Crippen molar-refractivity contribution in [1.29, 1.82) is 0 Å². The van der Waals surface area contributed by atoms with Crippen molar-refractivity contribution in [3.63, 3.8) is 0 Å². The minimum atomic E-state index is -0.483. The topological polar surface area (TPSA) is 55.5 Å². The molecule has 0 radical (unpaired) electrons. The molecule has 2 aromatic carbocycles. The molecule has 3 N–H and O–H groups in total. The van der Waals surface area contributed by atoms with Gasteiger partial charge in [0, 0.05) is 5.56 Å². The van der Waals surface area contributed by atoms with Crippen molar-refractivity contribution in [3.8, 4) is 5.75 Å². The molecule has 0 bridgehead atoms. The molecule has 4 heteroatoms. The average molecular weight is 261 g/mol. The first-order valence-electron chi connectivity index (χ1n) is 6.03. The van der Waals surface area contributed by atoms with Crippen LogP contribution < -0.4 is 10.5 Å². The fraction of sp³-hybridized carbons (Fsp3) is 0.200. The van der Waals surface area contributed by atoms with E-state index in [2.05, 4.69) is 0 Å². The fourth-order valence-corrected chi connectivity index (χ4v) is 1.80. The van der Waals surface area contributed by atoms with Crippen molar-refractivity contribution < 1.29 is 14.2 Å². The summed E-state index contributed by atoms with van der Waals surface area (Å²) in [7, 11) is 0. The normalized spacial score (nSPS) is 12.2. The number of ether oxygens (including phenoxy) is 1. The van der Waals surface area contributed by atoms with Gasteiger partial charge in [-0.2, -0.15) is 0 Å². The molecule has 100 valence electrons. The standard InChI is InChI=1S/C15H16FNO2/c16-12-5-3-4-11(8-12)10-19-15-7-2-1-6-13(15)14(17)9-18/h1-8,14,18H,9-10,17H2/t14-/m0/s1. The van der Waals surface area contributed by atoms with E-state index in [9.17, 15) is 4.39 Å². The Hall–Kier alpha value is -1.91. The van der Waals surface area contributed by atoms with E-state index < -0.39 is 6.04 Å². The van der Waals surface area contributed by atoms with Gasteiger partial charge in [0.25, 0.3) is 0 Å². The highest BCUT2D eigenvalue weighted by molar-refractivity contribution is 5.36. The van der Waals surface area contributed by atoms with Crippen LogP contribution in [0.5, 0.6) is 5.75 Å². The summed E-state index contributed by atoms with van der Waals surface area (Å²) in [6, 6.07) is 13.0. The highest BCUT2D eigenvalue weighted by atomic mass is 19.1. The van der Waals surface area contributed by atoms with Crippen LogP contribution in [0, 0.1) is 5.82 Å². The van der Waals surface area contributed by atoms with Crippen molar-refractivity contribution in [2.75, 3.05) is 6.61 Å². The zero-order valence-electron chi connectivity index (χ0n) is 10.4. The molecule has 0 spiro atoms. The van der Waals surface area contributed by atoms with Gasteiger partial charge >= 0.3 is 0 Å². The maximum atomic E-state index is 13.0. The first-order chi connectivity index (χ1) is 9.20. The second kappa shape index (κ2) is 6.31. The van der Waals surface area contributed by atoms with Gasteiger partial charge in [0.05, 0.1) is 12.6 Å². The lowest BCUT2D eigenvalue weighted by Gasteiger charge is -2.15. The maximum absolute atomic E-state index is 13.0. The van der Waals surface area contributed by atoms with E-state index in [4.69, 9.17) is 15.6 Å². The van der Waals surface area contributed by atoms with Gasteiger partial charge in [0.15, 0.2) is 0 Å². The lowest BCUT2D eigenvalue weighted by molar-refractivity contribution is 0.257. The average Bonchev–Trinajstić information content (AvgIpc) is 2.45. The molecule has 0 aromatic heterocycles. The van der Waals surface area contributed by atoms with Crippen LogP contribution in [0.15, 0.2) is 48.5 Å². The molecule has 3 nitrogen and oxygen atoms in total. The summed E-state index contributed by atoms with van der Waals surface area (Å²) in [4.78, 5) is 0. The molecule has 0 heterocycles. The Kier molecular flexibility index (Phi) is 4.49. The summed E-state index contributed by atoms with van der Waals surface area (Å²) >= 11 is 0. The van der Waals surface area contributed by atoms with Crippen molar-refractivity contribution in [1.82, 2.24) is 0 Å². The number of aliphatic hydroxyl groups excluding tert-OH is 1. The van der Waals surface area contributed by atoms with Crippen LogP contribution in [0.2, 0.25) is 0 Å². The number of para-hydroxylation sites is 1. The zero-order chi connectivity index (χ0) is 13.7. The number of nitrogens with two attached hydrogens (primary N) is 1. The second-order valence-electron chi connectivity index (χ2n) is 4.25. The Morgan fingerprint density at radius 1 is 1.16 bits per heavy atom. The fourth-order valence-electron chi connectivity index (χ4n) is 1.80. The molecule has 0 amide bonds. The summed E-state index contributed by atoms with van der Waals surface area (Å²) in [5, 5.41) is 9.10. The van der Waals surface area contributed by atoms with Gasteiger partial charge in [-0.1, -0.05) is 30.3 Å². The third-order valence-corrected chi connectivity index (χ3v) is 2.80. The molecule has 2 rings (SSSR count). The zero-order valence-corrected chi connectivity index (χ0v) is 10.4. The number of halogens is 1. The molecule has 0 saturated heterocycles. The SMILES string of the molecule is N[C@@H](CO)c1ccccc1OCc1cccc(F)c1. The molecule has 2 aromatic rings. The monoisotopic (exact) mass is 261 g/mol. The number of benzene rings is 2. The van der Waals surface area contributed by atoms with Gasteiger partial charge in [-0.25, -0.2) is 4.39 Å². The number of aliphatic hydroxyl groups is 1. The molecule has 0 unspecified atom stereocenters. The van der Waals surface area contributed by atoms with Gasteiger partial charge in [-0.05, 0) is 23.8 Å². The van der Waals surface area contributed by atoms with Crippen LogP contribution in [0.25, 0.3) is 0 Å². The second-order valence-corrected chi connectivity index (χ2v) is 4.25. The molecule has 0 saturated carbocycles. The number of hydrogen-bond acceptors (Lipinski definition) is 3. The lowest BCUT2D eigenvalue weighted by atomic mass is 10.1. The molecular formula is C15H16FNO2. The number of hydrogen-bond donors (Lipinski definition) is 2. The predicted octanol–water partition coefficient (Wildman–Crippen LogP) is 2.40. The van der Waals surface area contributed by atoms with Gasteiger partial charge < -0.3 is 15.6 Å². The van der Waals surface area contributed by atoms with Crippen molar-refractivity contribution in [3.05, 3.63) is 65.5 Å². The Morgan fingerprint density at radius 2 is 1.95 bits per heavy atom. The van der Waals surface area contributed by atoms with E-state index in [1.54, 1.807) is 18.2 Å². The molecule has 0 aliphatic rings. The van der Waals surface area contributed by atoms with E-state index >= 15 is 0 Å². The van der Waals surface area contributed by atoms with E-state index in [1.165, 1.54) is 12.1 Å².